The van der Waals surface area contributed by atoms with Crippen LogP contribution < -0.4 is 0 Å². The van der Waals surface area contributed by atoms with E-state index < -0.39 is 0 Å². The second-order valence-corrected chi connectivity index (χ2v) is 5.03. The maximum atomic E-state index is 4.84. The minimum Gasteiger partial charge on any atom is -0.419 e. The highest BCUT2D eigenvalue weighted by Gasteiger charge is 1.92. The average Bonchev–Trinajstić information content (AvgIpc) is 2.31. The highest BCUT2D eigenvalue weighted by molar-refractivity contribution is 5.97. The second-order valence-electron chi connectivity index (χ2n) is 4.74. The Labute approximate surface area is 106 Å². The Kier molecular flexibility index (Phi) is 15.3. The van der Waals surface area contributed by atoms with Gasteiger partial charge in [0.2, 0.25) is 10.5 Å². The van der Waals surface area contributed by atoms with Gasteiger partial charge in [0, 0.05) is 6.61 Å². The van der Waals surface area contributed by atoms with Gasteiger partial charge in [-0.2, -0.15) is 0 Å². The molecule has 16 heavy (non-hydrogen) atoms. The van der Waals surface area contributed by atoms with Crippen molar-refractivity contribution in [3.63, 3.8) is 0 Å². The van der Waals surface area contributed by atoms with Gasteiger partial charge in [-0.25, -0.2) is 0 Å². The Bertz CT molecular complexity index is 103. The molecule has 0 heterocycles. The van der Waals surface area contributed by atoms with Crippen molar-refractivity contribution in [2.75, 3.05) is 6.61 Å². The standard InChI is InChI=1S/C14H29OSi/c1-2-3-4-5-6-7-8-9-10-11-12-13-14-15-16/h2-14H2,1H3. The molecule has 0 aromatic heterocycles. The second kappa shape index (κ2) is 15.2. The number of hydrogen-bond donors (Lipinski definition) is 0. The molecule has 0 saturated carbocycles. The van der Waals surface area contributed by atoms with Crippen LogP contribution in [-0.4, -0.2) is 17.1 Å². The molecule has 0 aliphatic carbocycles. The van der Waals surface area contributed by atoms with Crippen LogP contribution in [0.5, 0.6) is 0 Å². The summed E-state index contributed by atoms with van der Waals surface area (Å²) in [7, 11) is 3.02. The fourth-order valence-corrected chi connectivity index (χ4v) is 2.16. The van der Waals surface area contributed by atoms with E-state index in [2.05, 4.69) is 17.4 Å². The Morgan fingerprint density at radius 3 is 1.38 bits per heavy atom. The van der Waals surface area contributed by atoms with Crippen LogP contribution in [0.1, 0.15) is 84.0 Å². The first-order valence-electron chi connectivity index (χ1n) is 7.20. The van der Waals surface area contributed by atoms with Gasteiger partial charge >= 0.3 is 0 Å². The van der Waals surface area contributed by atoms with E-state index in [4.69, 9.17) is 4.43 Å². The highest BCUT2D eigenvalue weighted by atomic mass is 28.2. The van der Waals surface area contributed by atoms with Crippen molar-refractivity contribution in [2.24, 2.45) is 0 Å². The lowest BCUT2D eigenvalue weighted by Gasteiger charge is -2.02. The van der Waals surface area contributed by atoms with Crippen LogP contribution in [0.3, 0.4) is 0 Å². The molecule has 0 atom stereocenters. The fourth-order valence-electron chi connectivity index (χ4n) is 2.02. The molecule has 0 aromatic rings. The van der Waals surface area contributed by atoms with Crippen molar-refractivity contribution >= 4 is 10.5 Å². The van der Waals surface area contributed by atoms with E-state index in [0.29, 0.717) is 0 Å². The van der Waals surface area contributed by atoms with Crippen LogP contribution >= 0.6 is 0 Å². The zero-order chi connectivity index (χ0) is 11.9. The molecular formula is C14H29OSi. The summed E-state index contributed by atoms with van der Waals surface area (Å²) in [4.78, 5) is 0. The molecule has 0 aliphatic heterocycles. The van der Waals surface area contributed by atoms with Crippen molar-refractivity contribution in [1.82, 2.24) is 0 Å². The van der Waals surface area contributed by atoms with Gasteiger partial charge in [0.05, 0.1) is 0 Å². The highest BCUT2D eigenvalue weighted by Crippen LogP contribution is 2.11. The van der Waals surface area contributed by atoms with Crippen LogP contribution in [-0.2, 0) is 4.43 Å². The smallest absolute Gasteiger partial charge is 0.246 e. The van der Waals surface area contributed by atoms with Gasteiger partial charge in [-0.3, -0.25) is 0 Å². The zero-order valence-corrected chi connectivity index (χ0v) is 12.1. The predicted octanol–water partition coefficient (Wildman–Crippen LogP) is 4.79. The molecular weight excluding hydrogens is 212 g/mol. The normalized spacial score (nSPS) is 10.9. The largest absolute Gasteiger partial charge is 0.419 e. The Balaban J connectivity index is 2.83. The minimum atomic E-state index is 0.855. The Hall–Kier alpha value is 0.177. The lowest BCUT2D eigenvalue weighted by molar-refractivity contribution is 0.332. The van der Waals surface area contributed by atoms with E-state index in [1.54, 1.807) is 0 Å². The lowest BCUT2D eigenvalue weighted by atomic mass is 10.1. The fraction of sp³-hybridized carbons (Fsp3) is 1.00. The van der Waals surface area contributed by atoms with E-state index in [9.17, 15) is 0 Å². The molecule has 0 spiro atoms. The SMILES string of the molecule is CCCCCCCCCCCCCCO[Si]. The summed E-state index contributed by atoms with van der Waals surface area (Å²) in [6, 6.07) is 0. The molecule has 0 aliphatic rings. The molecule has 2 heteroatoms. The van der Waals surface area contributed by atoms with Gasteiger partial charge in [-0.1, -0.05) is 77.6 Å². The molecule has 0 aromatic carbocycles. The van der Waals surface area contributed by atoms with E-state index in [-0.39, 0.29) is 0 Å². The monoisotopic (exact) mass is 241 g/mol. The first-order valence-corrected chi connectivity index (χ1v) is 7.61. The summed E-state index contributed by atoms with van der Waals surface area (Å²) in [5.41, 5.74) is 0. The van der Waals surface area contributed by atoms with Crippen molar-refractivity contribution in [1.29, 1.82) is 0 Å². The lowest BCUT2D eigenvalue weighted by Crippen LogP contribution is -1.89. The summed E-state index contributed by atoms with van der Waals surface area (Å²) < 4.78 is 4.84. The van der Waals surface area contributed by atoms with Gasteiger partial charge < -0.3 is 4.43 Å². The van der Waals surface area contributed by atoms with E-state index in [0.717, 1.165) is 6.61 Å². The maximum Gasteiger partial charge on any atom is 0.246 e. The Morgan fingerprint density at radius 2 is 1.00 bits per heavy atom. The number of unbranched alkanes of at least 4 members (excludes halogenated alkanes) is 11. The molecule has 3 radical (unpaired) electrons. The van der Waals surface area contributed by atoms with Crippen LogP contribution in [0, 0.1) is 0 Å². The first-order chi connectivity index (χ1) is 7.91. The summed E-state index contributed by atoms with van der Waals surface area (Å²) in [6.07, 6.45) is 16.8. The number of rotatable bonds is 13. The van der Waals surface area contributed by atoms with E-state index in [1.807, 2.05) is 0 Å². The molecule has 0 amide bonds. The predicted molar refractivity (Wildman–Crippen MR) is 72.8 cm³/mol. The van der Waals surface area contributed by atoms with Gasteiger partial charge in [0.25, 0.3) is 0 Å². The van der Waals surface area contributed by atoms with Crippen molar-refractivity contribution in [2.45, 2.75) is 84.0 Å². The maximum absolute atomic E-state index is 4.84. The van der Waals surface area contributed by atoms with Crippen molar-refractivity contribution < 1.29 is 4.43 Å². The van der Waals surface area contributed by atoms with Crippen LogP contribution in [0.4, 0.5) is 0 Å². The molecule has 95 valence electrons. The van der Waals surface area contributed by atoms with Gasteiger partial charge in [-0.15, -0.1) is 0 Å². The molecule has 0 rings (SSSR count). The zero-order valence-electron chi connectivity index (χ0n) is 11.1. The van der Waals surface area contributed by atoms with Gasteiger partial charge in [0.1, 0.15) is 0 Å². The summed E-state index contributed by atoms with van der Waals surface area (Å²) in [6.45, 7) is 3.13. The topological polar surface area (TPSA) is 9.23 Å². The van der Waals surface area contributed by atoms with Crippen molar-refractivity contribution in [3.05, 3.63) is 0 Å². The van der Waals surface area contributed by atoms with Crippen LogP contribution in [0.2, 0.25) is 0 Å². The van der Waals surface area contributed by atoms with E-state index in [1.165, 1.54) is 77.0 Å². The third-order valence-corrected chi connectivity index (χ3v) is 3.30. The third-order valence-electron chi connectivity index (χ3n) is 3.10. The average molecular weight is 241 g/mol. The molecule has 0 bridgehead atoms. The minimum absolute atomic E-state index is 0.855. The summed E-state index contributed by atoms with van der Waals surface area (Å²) >= 11 is 0. The van der Waals surface area contributed by atoms with Crippen LogP contribution in [0.25, 0.3) is 0 Å². The number of hydrogen-bond acceptors (Lipinski definition) is 1. The first kappa shape index (κ1) is 16.2. The van der Waals surface area contributed by atoms with Crippen LogP contribution in [0.15, 0.2) is 0 Å². The third kappa shape index (κ3) is 14.2. The van der Waals surface area contributed by atoms with Gasteiger partial charge in [-0.05, 0) is 6.42 Å². The molecule has 1 nitrogen and oxygen atoms in total. The summed E-state index contributed by atoms with van der Waals surface area (Å²) in [5, 5.41) is 0. The van der Waals surface area contributed by atoms with Crippen molar-refractivity contribution in [3.8, 4) is 0 Å². The molecule has 0 unspecified atom stereocenters. The molecule has 0 N–H and O–H groups in total. The molecule has 0 fully saturated rings. The quantitative estimate of drug-likeness (QED) is 0.333. The van der Waals surface area contributed by atoms with E-state index >= 15 is 0 Å². The Morgan fingerprint density at radius 1 is 0.625 bits per heavy atom. The summed E-state index contributed by atoms with van der Waals surface area (Å²) in [5.74, 6) is 0. The molecule has 0 saturated heterocycles. The van der Waals surface area contributed by atoms with Gasteiger partial charge in [0.15, 0.2) is 0 Å².